The number of halogens is 2. The minimum atomic E-state index is -0.717. The van der Waals surface area contributed by atoms with E-state index in [2.05, 4.69) is 10.1 Å². The van der Waals surface area contributed by atoms with Crippen molar-refractivity contribution in [3.63, 3.8) is 0 Å². The van der Waals surface area contributed by atoms with E-state index in [-0.39, 0.29) is 12.1 Å². The molecule has 0 fully saturated rings. The first kappa shape index (κ1) is 18.8. The molecule has 10 heteroatoms. The summed E-state index contributed by atoms with van der Waals surface area (Å²) < 4.78 is 35.7. The maximum Gasteiger partial charge on any atom is 0.350 e. The molecule has 0 spiro atoms. The van der Waals surface area contributed by atoms with Crippen LogP contribution in [0.25, 0.3) is 5.69 Å². The van der Waals surface area contributed by atoms with E-state index >= 15 is 0 Å². The van der Waals surface area contributed by atoms with Crippen molar-refractivity contribution in [2.24, 2.45) is 0 Å². The summed E-state index contributed by atoms with van der Waals surface area (Å²) in [5, 5.41) is 5.03. The molecule has 148 valence electrons. The zero-order chi connectivity index (χ0) is 20.5. The number of ether oxygens (including phenoxy) is 1. The monoisotopic (exact) mass is 415 g/mol. The summed E-state index contributed by atoms with van der Waals surface area (Å²) in [4.78, 5) is 16.7. The van der Waals surface area contributed by atoms with Gasteiger partial charge in [0.05, 0.1) is 17.9 Å². The maximum absolute atomic E-state index is 13.8. The fourth-order valence-electron chi connectivity index (χ4n) is 2.73. The summed E-state index contributed by atoms with van der Waals surface area (Å²) in [6.45, 7) is 1.53. The molecule has 2 aromatic heterocycles. The van der Waals surface area contributed by atoms with Gasteiger partial charge >= 0.3 is 5.69 Å². The Morgan fingerprint density at radius 1 is 1.14 bits per heavy atom. The van der Waals surface area contributed by atoms with Gasteiger partial charge in [0.2, 0.25) is 5.06 Å². The van der Waals surface area contributed by atoms with Crippen LogP contribution in [0, 0.1) is 18.6 Å². The van der Waals surface area contributed by atoms with Gasteiger partial charge in [0.15, 0.2) is 5.13 Å². The van der Waals surface area contributed by atoms with Crippen molar-refractivity contribution in [2.75, 3.05) is 5.73 Å². The summed E-state index contributed by atoms with van der Waals surface area (Å²) in [6, 6.07) is 10.2. The molecule has 0 aliphatic carbocycles. The van der Waals surface area contributed by atoms with Crippen LogP contribution in [-0.4, -0.2) is 19.3 Å². The molecule has 0 aliphatic rings. The first-order valence-corrected chi connectivity index (χ1v) is 9.32. The van der Waals surface area contributed by atoms with Gasteiger partial charge in [-0.15, -0.1) is 0 Å². The fraction of sp³-hybridized carbons (Fsp3) is 0.105. The summed E-state index contributed by atoms with van der Waals surface area (Å²) >= 11 is 1.23. The van der Waals surface area contributed by atoms with E-state index in [9.17, 15) is 13.6 Å². The van der Waals surface area contributed by atoms with Gasteiger partial charge in [0.1, 0.15) is 23.7 Å². The van der Waals surface area contributed by atoms with Crippen LogP contribution in [0.1, 0.15) is 11.3 Å². The highest BCUT2D eigenvalue weighted by molar-refractivity contribution is 7.17. The molecular formula is C19H15F2N5O2S. The van der Waals surface area contributed by atoms with Crippen LogP contribution >= 0.6 is 11.3 Å². The van der Waals surface area contributed by atoms with Crippen LogP contribution in [0.5, 0.6) is 10.8 Å². The summed E-state index contributed by atoms with van der Waals surface area (Å²) in [5.41, 5.74) is 6.11. The first-order valence-electron chi connectivity index (χ1n) is 8.51. The molecule has 0 amide bonds. The molecule has 0 unspecified atom stereocenters. The number of hydrogen-bond donors (Lipinski definition) is 1. The van der Waals surface area contributed by atoms with E-state index in [0.717, 1.165) is 21.4 Å². The smallest absolute Gasteiger partial charge is 0.350 e. The molecule has 29 heavy (non-hydrogen) atoms. The molecule has 2 heterocycles. The Morgan fingerprint density at radius 3 is 2.45 bits per heavy atom. The number of anilines is 1. The number of rotatable bonds is 5. The van der Waals surface area contributed by atoms with Gasteiger partial charge in [0, 0.05) is 5.56 Å². The van der Waals surface area contributed by atoms with E-state index in [4.69, 9.17) is 10.5 Å². The van der Waals surface area contributed by atoms with Crippen molar-refractivity contribution in [1.82, 2.24) is 19.3 Å². The minimum absolute atomic E-state index is 0.197. The van der Waals surface area contributed by atoms with Crippen molar-refractivity contribution in [1.29, 1.82) is 0 Å². The molecule has 2 aromatic carbocycles. The normalized spacial score (nSPS) is 11.0. The average molecular weight is 415 g/mol. The molecule has 0 bridgehead atoms. The molecule has 0 saturated carbocycles. The van der Waals surface area contributed by atoms with Crippen molar-refractivity contribution < 1.29 is 13.5 Å². The van der Waals surface area contributed by atoms with Crippen LogP contribution in [-0.2, 0) is 6.54 Å². The average Bonchev–Trinajstić information content (AvgIpc) is 3.20. The predicted octanol–water partition coefficient (Wildman–Crippen LogP) is 3.50. The first-order chi connectivity index (χ1) is 13.9. The number of benzene rings is 2. The molecule has 4 aromatic rings. The quantitative estimate of drug-likeness (QED) is 0.539. The highest BCUT2D eigenvalue weighted by Crippen LogP contribution is 2.32. The van der Waals surface area contributed by atoms with E-state index in [0.29, 0.717) is 27.3 Å². The zero-order valence-electron chi connectivity index (χ0n) is 15.2. The second kappa shape index (κ2) is 7.47. The summed E-state index contributed by atoms with van der Waals surface area (Å²) in [6.07, 6.45) is 1.24. The molecule has 2 N–H and O–H groups in total. The van der Waals surface area contributed by atoms with Crippen molar-refractivity contribution in [3.8, 4) is 16.5 Å². The molecular weight excluding hydrogens is 400 g/mol. The van der Waals surface area contributed by atoms with Crippen molar-refractivity contribution in [3.05, 3.63) is 82.2 Å². The molecule has 0 saturated heterocycles. The van der Waals surface area contributed by atoms with Crippen molar-refractivity contribution >= 4 is 16.5 Å². The van der Waals surface area contributed by atoms with Gasteiger partial charge in [-0.05, 0) is 43.3 Å². The Hall–Kier alpha value is -3.53. The zero-order valence-corrected chi connectivity index (χ0v) is 16.0. The lowest BCUT2D eigenvalue weighted by molar-refractivity contribution is 0.491. The number of nitrogens with two attached hydrogens (primary N) is 1. The van der Waals surface area contributed by atoms with Crippen molar-refractivity contribution in [2.45, 2.75) is 13.5 Å². The Morgan fingerprint density at radius 2 is 1.83 bits per heavy atom. The molecule has 0 atom stereocenters. The van der Waals surface area contributed by atoms with E-state index in [1.54, 1.807) is 31.2 Å². The molecule has 7 nitrogen and oxygen atoms in total. The van der Waals surface area contributed by atoms with Crippen LogP contribution in [0.2, 0.25) is 0 Å². The van der Waals surface area contributed by atoms with Crippen LogP contribution < -0.4 is 16.2 Å². The number of aryl methyl sites for hydroxylation is 1. The Labute approximate surface area is 167 Å². The van der Waals surface area contributed by atoms with Gasteiger partial charge in [-0.3, -0.25) is 4.57 Å². The van der Waals surface area contributed by atoms with Gasteiger partial charge < -0.3 is 10.5 Å². The molecule has 0 radical (unpaired) electrons. The third-order valence-corrected chi connectivity index (χ3v) is 5.05. The van der Waals surface area contributed by atoms with Gasteiger partial charge in [-0.1, -0.05) is 17.4 Å². The van der Waals surface area contributed by atoms with E-state index in [1.807, 2.05) is 0 Å². The Balaban J connectivity index is 1.56. The van der Waals surface area contributed by atoms with Crippen LogP contribution in [0.15, 0.2) is 53.6 Å². The van der Waals surface area contributed by atoms with E-state index < -0.39 is 17.3 Å². The van der Waals surface area contributed by atoms with E-state index in [1.165, 1.54) is 23.7 Å². The predicted molar refractivity (Wildman–Crippen MR) is 105 cm³/mol. The number of aromatic nitrogens is 4. The molecule has 0 aliphatic heterocycles. The lowest BCUT2D eigenvalue weighted by Crippen LogP contribution is -2.24. The summed E-state index contributed by atoms with van der Waals surface area (Å²) in [7, 11) is 0. The third kappa shape index (κ3) is 3.74. The lowest BCUT2D eigenvalue weighted by atomic mass is 10.2. The topological polar surface area (TPSA) is 88.0 Å². The number of hydrogen-bond acceptors (Lipinski definition) is 6. The summed E-state index contributed by atoms with van der Waals surface area (Å²) in [5.74, 6) is -0.892. The van der Waals surface area contributed by atoms with Gasteiger partial charge in [-0.25, -0.2) is 18.6 Å². The standard InChI is InChI=1S/C19H15F2N5O2S/c1-11-17(29-18(22)24-11)28-13-7-5-12(6-8-13)26-19(27)25(10-23-26)9-14-15(20)3-2-4-16(14)21/h2-8,10H,9H2,1H3,(H2,22,24). The van der Waals surface area contributed by atoms with Gasteiger partial charge in [0.25, 0.3) is 0 Å². The lowest BCUT2D eigenvalue weighted by Gasteiger charge is -2.06. The third-order valence-electron chi connectivity index (χ3n) is 4.19. The number of nitrogens with zero attached hydrogens (tertiary/aromatic N) is 4. The number of thiazole rings is 1. The highest BCUT2D eigenvalue weighted by Gasteiger charge is 2.14. The second-order valence-corrected chi connectivity index (χ2v) is 7.17. The number of nitrogen functional groups attached to an aromatic ring is 1. The second-order valence-electron chi connectivity index (χ2n) is 6.17. The highest BCUT2D eigenvalue weighted by atomic mass is 32.1. The largest absolute Gasteiger partial charge is 0.445 e. The Kier molecular flexibility index (Phi) is 4.85. The van der Waals surface area contributed by atoms with Crippen LogP contribution in [0.3, 0.4) is 0 Å². The van der Waals surface area contributed by atoms with Crippen LogP contribution in [0.4, 0.5) is 13.9 Å². The fourth-order valence-corrected chi connectivity index (χ4v) is 3.44. The molecule has 4 rings (SSSR count). The van der Waals surface area contributed by atoms with Gasteiger partial charge in [-0.2, -0.15) is 9.78 Å². The SMILES string of the molecule is Cc1nc(N)sc1Oc1ccc(-n2ncn(Cc3c(F)cccc3F)c2=O)cc1. The maximum atomic E-state index is 13.8. The minimum Gasteiger partial charge on any atom is -0.445 e. The Bertz CT molecular complexity index is 1210.